The zero-order valence-electron chi connectivity index (χ0n) is 14.5. The first kappa shape index (κ1) is 19.1. The van der Waals surface area contributed by atoms with Crippen molar-refractivity contribution in [2.75, 3.05) is 13.1 Å². The van der Waals surface area contributed by atoms with Crippen LogP contribution in [0.15, 0.2) is 38.2 Å². The molecule has 0 saturated carbocycles. The van der Waals surface area contributed by atoms with E-state index in [-0.39, 0.29) is 22.6 Å². The van der Waals surface area contributed by atoms with Crippen LogP contribution in [0.5, 0.6) is 0 Å². The number of sulfonamides is 1. The van der Waals surface area contributed by atoms with Gasteiger partial charge in [-0.25, -0.2) is 13.1 Å². The number of aryl methyl sites for hydroxylation is 2. The fourth-order valence-electron chi connectivity index (χ4n) is 3.11. The van der Waals surface area contributed by atoms with Gasteiger partial charge in [0.2, 0.25) is 10.0 Å². The molecule has 1 aromatic carbocycles. The van der Waals surface area contributed by atoms with Crippen molar-refractivity contribution in [1.29, 1.82) is 0 Å². The Morgan fingerprint density at radius 1 is 1.23 bits per heavy atom. The summed E-state index contributed by atoms with van der Waals surface area (Å²) >= 11 is 3.35. The lowest BCUT2D eigenvalue weighted by Gasteiger charge is -2.32. The summed E-state index contributed by atoms with van der Waals surface area (Å²) in [4.78, 5) is 14.4. The molecule has 0 atom stereocenters. The topological polar surface area (TPSA) is 92.5 Å². The molecule has 1 aromatic heterocycles. The molecule has 1 aliphatic heterocycles. The van der Waals surface area contributed by atoms with E-state index in [9.17, 15) is 13.2 Å². The van der Waals surface area contributed by atoms with Crippen molar-refractivity contribution in [2.45, 2.75) is 37.6 Å². The maximum atomic E-state index is 12.6. The van der Waals surface area contributed by atoms with Crippen LogP contribution in [0.3, 0.4) is 0 Å². The highest BCUT2D eigenvalue weighted by Gasteiger charge is 2.30. The quantitative estimate of drug-likeness (QED) is 0.786. The number of carbonyl (C=O) groups excluding carboxylic acids is 1. The van der Waals surface area contributed by atoms with Crippen LogP contribution in [0.2, 0.25) is 0 Å². The summed E-state index contributed by atoms with van der Waals surface area (Å²) in [5.74, 6) is 0.238. The first-order chi connectivity index (χ1) is 12.3. The predicted molar refractivity (Wildman–Crippen MR) is 99.4 cm³/mol. The summed E-state index contributed by atoms with van der Waals surface area (Å²) in [6.07, 6.45) is 1.12. The number of rotatable bonds is 4. The van der Waals surface area contributed by atoms with Crippen molar-refractivity contribution in [3.8, 4) is 0 Å². The van der Waals surface area contributed by atoms with Gasteiger partial charge in [0.15, 0.2) is 5.76 Å². The zero-order chi connectivity index (χ0) is 18.9. The minimum Gasteiger partial charge on any atom is -0.360 e. The third-order valence-corrected chi connectivity index (χ3v) is 6.72. The van der Waals surface area contributed by atoms with E-state index in [0.29, 0.717) is 37.2 Å². The molecule has 9 heteroatoms. The average Bonchev–Trinajstić information content (AvgIpc) is 2.95. The molecule has 1 aliphatic rings. The van der Waals surface area contributed by atoms with E-state index in [0.717, 1.165) is 4.47 Å². The standard InChI is InChI=1S/C17H20BrN3O4S/c1-11-16(12(2)25-19-11)26(23,24)20-15-7-9-21(10-8-15)17(22)13-3-5-14(18)6-4-13/h3-6,15,20H,7-10H2,1-2H3. The molecule has 0 unspecified atom stereocenters. The number of carbonyl (C=O) groups is 1. The van der Waals surface area contributed by atoms with Crippen LogP contribution >= 0.6 is 15.9 Å². The molecular weight excluding hydrogens is 422 g/mol. The van der Waals surface area contributed by atoms with Gasteiger partial charge in [0, 0.05) is 29.2 Å². The van der Waals surface area contributed by atoms with Crippen LogP contribution in [0, 0.1) is 13.8 Å². The molecule has 140 valence electrons. The number of likely N-dealkylation sites (tertiary alicyclic amines) is 1. The van der Waals surface area contributed by atoms with Crippen molar-refractivity contribution in [1.82, 2.24) is 14.8 Å². The Hall–Kier alpha value is -1.71. The fraction of sp³-hybridized carbons (Fsp3) is 0.412. The molecule has 26 heavy (non-hydrogen) atoms. The number of aromatic nitrogens is 1. The maximum absolute atomic E-state index is 12.6. The molecule has 0 radical (unpaired) electrons. The molecule has 0 aliphatic carbocycles. The zero-order valence-corrected chi connectivity index (χ0v) is 16.9. The van der Waals surface area contributed by atoms with Gasteiger partial charge in [-0.3, -0.25) is 4.79 Å². The van der Waals surface area contributed by atoms with Gasteiger partial charge in [-0.05, 0) is 51.0 Å². The maximum Gasteiger partial charge on any atom is 0.253 e. The van der Waals surface area contributed by atoms with E-state index >= 15 is 0 Å². The molecule has 2 aromatic rings. The molecule has 1 N–H and O–H groups in total. The van der Waals surface area contributed by atoms with Crippen LogP contribution in [-0.2, 0) is 10.0 Å². The Bertz CT molecular complexity index is 881. The molecule has 3 rings (SSSR count). The van der Waals surface area contributed by atoms with Gasteiger partial charge in [0.1, 0.15) is 10.6 Å². The van der Waals surface area contributed by atoms with Crippen LogP contribution in [0.25, 0.3) is 0 Å². The normalized spacial score (nSPS) is 16.0. The summed E-state index contributed by atoms with van der Waals surface area (Å²) in [6.45, 7) is 4.19. The van der Waals surface area contributed by atoms with Crippen LogP contribution in [0.1, 0.15) is 34.7 Å². The fourth-order valence-corrected chi connectivity index (χ4v) is 5.01. The second-order valence-corrected chi connectivity index (χ2v) is 8.91. The van der Waals surface area contributed by atoms with Crippen LogP contribution < -0.4 is 4.72 Å². The minimum absolute atomic E-state index is 0.0375. The lowest BCUT2D eigenvalue weighted by molar-refractivity contribution is 0.0711. The number of amides is 1. The largest absolute Gasteiger partial charge is 0.360 e. The van der Waals surface area contributed by atoms with E-state index in [1.165, 1.54) is 0 Å². The number of hydrogen-bond donors (Lipinski definition) is 1. The third-order valence-electron chi connectivity index (χ3n) is 4.43. The monoisotopic (exact) mass is 441 g/mol. The van der Waals surface area contributed by atoms with Gasteiger partial charge < -0.3 is 9.42 Å². The molecule has 1 fully saturated rings. The van der Waals surface area contributed by atoms with Crippen molar-refractivity contribution >= 4 is 31.9 Å². The first-order valence-electron chi connectivity index (χ1n) is 8.28. The third kappa shape index (κ3) is 3.99. The van der Waals surface area contributed by atoms with Crippen LogP contribution in [0.4, 0.5) is 0 Å². The van der Waals surface area contributed by atoms with Crippen LogP contribution in [-0.4, -0.2) is 43.5 Å². The number of halogens is 1. The molecular formula is C17H20BrN3O4S. The van der Waals surface area contributed by atoms with Crippen molar-refractivity contribution < 1.29 is 17.7 Å². The average molecular weight is 442 g/mol. The van der Waals surface area contributed by atoms with Gasteiger partial charge >= 0.3 is 0 Å². The second-order valence-electron chi connectivity index (χ2n) is 6.35. The lowest BCUT2D eigenvalue weighted by Crippen LogP contribution is -2.46. The lowest BCUT2D eigenvalue weighted by atomic mass is 10.0. The number of nitrogens with zero attached hydrogens (tertiary/aromatic N) is 2. The summed E-state index contributed by atoms with van der Waals surface area (Å²) in [6, 6.07) is 7.00. The van der Waals surface area contributed by atoms with Gasteiger partial charge in [-0.2, -0.15) is 0 Å². The number of benzene rings is 1. The van der Waals surface area contributed by atoms with Gasteiger partial charge in [-0.1, -0.05) is 21.1 Å². The second kappa shape index (κ2) is 7.50. The van der Waals surface area contributed by atoms with Gasteiger partial charge in [-0.15, -0.1) is 0 Å². The highest BCUT2D eigenvalue weighted by molar-refractivity contribution is 9.10. The Balaban J connectivity index is 1.62. The molecule has 0 spiro atoms. The molecule has 7 nitrogen and oxygen atoms in total. The molecule has 0 bridgehead atoms. The molecule has 1 saturated heterocycles. The summed E-state index contributed by atoms with van der Waals surface area (Å²) in [5, 5.41) is 3.70. The van der Waals surface area contributed by atoms with E-state index < -0.39 is 10.0 Å². The van der Waals surface area contributed by atoms with E-state index in [2.05, 4.69) is 25.8 Å². The SMILES string of the molecule is Cc1noc(C)c1S(=O)(=O)NC1CCN(C(=O)c2ccc(Br)cc2)CC1. The van der Waals surface area contributed by atoms with E-state index in [4.69, 9.17) is 4.52 Å². The van der Waals surface area contributed by atoms with Crippen molar-refractivity contribution in [2.24, 2.45) is 0 Å². The molecule has 1 amide bonds. The highest BCUT2D eigenvalue weighted by Crippen LogP contribution is 2.21. The Labute approximate surface area is 160 Å². The number of hydrogen-bond acceptors (Lipinski definition) is 5. The Kier molecular flexibility index (Phi) is 5.50. The number of piperidine rings is 1. The van der Waals surface area contributed by atoms with E-state index in [1.54, 1.807) is 30.9 Å². The Morgan fingerprint density at radius 3 is 2.38 bits per heavy atom. The van der Waals surface area contributed by atoms with Crippen molar-refractivity contribution in [3.05, 3.63) is 45.8 Å². The van der Waals surface area contributed by atoms with Gasteiger partial charge in [0.25, 0.3) is 5.91 Å². The first-order valence-corrected chi connectivity index (χ1v) is 10.6. The number of nitrogens with one attached hydrogen (secondary N) is 1. The highest BCUT2D eigenvalue weighted by atomic mass is 79.9. The smallest absolute Gasteiger partial charge is 0.253 e. The predicted octanol–water partition coefficient (Wildman–Crippen LogP) is 2.64. The molecule has 2 heterocycles. The summed E-state index contributed by atoms with van der Waals surface area (Å²) in [7, 11) is -3.69. The minimum atomic E-state index is -3.69. The summed E-state index contributed by atoms with van der Waals surface area (Å²) < 4.78 is 33.7. The summed E-state index contributed by atoms with van der Waals surface area (Å²) in [5.41, 5.74) is 0.973. The van der Waals surface area contributed by atoms with E-state index in [1.807, 2.05) is 12.1 Å². The Morgan fingerprint density at radius 2 is 1.85 bits per heavy atom. The van der Waals surface area contributed by atoms with Gasteiger partial charge in [0.05, 0.1) is 0 Å². The van der Waals surface area contributed by atoms with Crippen molar-refractivity contribution in [3.63, 3.8) is 0 Å².